The van der Waals surface area contributed by atoms with E-state index in [-0.39, 0.29) is 10.6 Å². The van der Waals surface area contributed by atoms with Gasteiger partial charge in [-0.3, -0.25) is 19.7 Å². The van der Waals surface area contributed by atoms with Crippen LogP contribution < -0.4 is 0 Å². The molecular formula is C17H24N4O3. The maximum Gasteiger partial charge on any atom is 0.271 e. The van der Waals surface area contributed by atoms with Crippen LogP contribution in [0.5, 0.6) is 0 Å². The van der Waals surface area contributed by atoms with Gasteiger partial charge in [0.15, 0.2) is 0 Å². The van der Waals surface area contributed by atoms with Crippen LogP contribution in [0.15, 0.2) is 24.4 Å². The Morgan fingerprint density at radius 3 is 2.79 bits per heavy atom. The van der Waals surface area contributed by atoms with Gasteiger partial charge in [-0.1, -0.05) is 13.8 Å². The van der Waals surface area contributed by atoms with E-state index in [0.29, 0.717) is 18.7 Å². The molecule has 2 heterocycles. The molecule has 0 radical (unpaired) electrons. The Balaban J connectivity index is 1.62. The fraction of sp³-hybridized carbons (Fsp3) is 0.588. The minimum atomic E-state index is -0.367. The zero-order valence-electron chi connectivity index (χ0n) is 14.2. The Hall–Kier alpha value is -1.99. The SMILES string of the molecule is CC(C)COC1CCN(Cn2ncc3ccc([N+](=O)[O-])cc32)CC1. The first-order chi connectivity index (χ1) is 11.5. The molecule has 0 unspecified atom stereocenters. The third-order valence-corrected chi connectivity index (χ3v) is 4.37. The number of nitro benzene ring substituents is 1. The highest BCUT2D eigenvalue weighted by molar-refractivity contribution is 5.80. The standard InChI is InChI=1S/C17H24N4O3/c1-13(2)11-24-16-5-7-19(8-6-16)12-20-17-9-15(21(22)23)4-3-14(17)10-18-20/h3-4,9-10,13,16H,5-8,11-12H2,1-2H3. The lowest BCUT2D eigenvalue weighted by Gasteiger charge is -2.32. The Labute approximate surface area is 141 Å². The summed E-state index contributed by atoms with van der Waals surface area (Å²) < 4.78 is 7.76. The molecule has 0 spiro atoms. The first-order valence-corrected chi connectivity index (χ1v) is 8.47. The second kappa shape index (κ2) is 7.27. The third kappa shape index (κ3) is 3.91. The van der Waals surface area contributed by atoms with Gasteiger partial charge in [-0.15, -0.1) is 0 Å². The zero-order valence-corrected chi connectivity index (χ0v) is 14.2. The Morgan fingerprint density at radius 1 is 1.38 bits per heavy atom. The van der Waals surface area contributed by atoms with Crippen molar-refractivity contribution in [3.8, 4) is 0 Å². The topological polar surface area (TPSA) is 73.4 Å². The first kappa shape index (κ1) is 16.9. The van der Waals surface area contributed by atoms with Gasteiger partial charge in [0.05, 0.1) is 29.4 Å². The summed E-state index contributed by atoms with van der Waals surface area (Å²) >= 11 is 0. The molecule has 1 aromatic heterocycles. The highest BCUT2D eigenvalue weighted by atomic mass is 16.6. The largest absolute Gasteiger partial charge is 0.378 e. The predicted octanol–water partition coefficient (Wildman–Crippen LogP) is 3.04. The number of benzene rings is 1. The number of nitro groups is 1. The summed E-state index contributed by atoms with van der Waals surface area (Å²) in [6, 6.07) is 4.87. The summed E-state index contributed by atoms with van der Waals surface area (Å²) in [6.45, 7) is 7.71. The van der Waals surface area contributed by atoms with E-state index in [4.69, 9.17) is 4.74 Å². The molecule has 0 saturated carbocycles. The van der Waals surface area contributed by atoms with Crippen LogP contribution in [-0.2, 0) is 11.4 Å². The van der Waals surface area contributed by atoms with Crippen molar-refractivity contribution in [2.75, 3.05) is 19.7 Å². The molecular weight excluding hydrogens is 308 g/mol. The molecule has 0 amide bonds. The van der Waals surface area contributed by atoms with E-state index < -0.39 is 0 Å². The van der Waals surface area contributed by atoms with E-state index in [1.807, 2.05) is 4.68 Å². The van der Waals surface area contributed by atoms with Crippen LogP contribution in [0.4, 0.5) is 5.69 Å². The number of hydrogen-bond acceptors (Lipinski definition) is 5. The third-order valence-electron chi connectivity index (χ3n) is 4.37. The second-order valence-corrected chi connectivity index (χ2v) is 6.83. The van der Waals surface area contributed by atoms with Gasteiger partial charge in [-0.2, -0.15) is 5.10 Å². The van der Waals surface area contributed by atoms with Crippen LogP contribution in [0.3, 0.4) is 0 Å². The van der Waals surface area contributed by atoms with Crippen LogP contribution in [0, 0.1) is 16.0 Å². The van der Waals surface area contributed by atoms with Crippen molar-refractivity contribution in [3.05, 3.63) is 34.5 Å². The normalized spacial score (nSPS) is 17.0. The van der Waals surface area contributed by atoms with Gasteiger partial charge in [0.25, 0.3) is 5.69 Å². The van der Waals surface area contributed by atoms with Gasteiger partial charge in [0, 0.05) is 37.2 Å². The molecule has 7 heteroatoms. The van der Waals surface area contributed by atoms with Crippen LogP contribution in [0.1, 0.15) is 26.7 Å². The molecule has 1 fully saturated rings. The van der Waals surface area contributed by atoms with Gasteiger partial charge in [-0.05, 0) is 24.8 Å². The number of likely N-dealkylation sites (tertiary alicyclic amines) is 1. The molecule has 3 rings (SSSR count). The monoisotopic (exact) mass is 332 g/mol. The van der Waals surface area contributed by atoms with E-state index in [0.717, 1.165) is 43.4 Å². The minimum absolute atomic E-state index is 0.102. The maximum atomic E-state index is 11.0. The van der Waals surface area contributed by atoms with Crippen molar-refractivity contribution in [2.24, 2.45) is 5.92 Å². The number of ether oxygens (including phenoxy) is 1. The van der Waals surface area contributed by atoms with Crippen LogP contribution in [0.25, 0.3) is 10.9 Å². The van der Waals surface area contributed by atoms with Crippen molar-refractivity contribution in [3.63, 3.8) is 0 Å². The highest BCUT2D eigenvalue weighted by Crippen LogP contribution is 2.22. The highest BCUT2D eigenvalue weighted by Gasteiger charge is 2.21. The molecule has 2 aromatic rings. The van der Waals surface area contributed by atoms with Crippen LogP contribution >= 0.6 is 0 Å². The van der Waals surface area contributed by atoms with Crippen molar-refractivity contribution in [1.82, 2.24) is 14.7 Å². The molecule has 24 heavy (non-hydrogen) atoms. The van der Waals surface area contributed by atoms with Gasteiger partial charge in [0.1, 0.15) is 0 Å². The fourth-order valence-electron chi connectivity index (χ4n) is 3.02. The number of rotatable bonds is 6. The van der Waals surface area contributed by atoms with Gasteiger partial charge < -0.3 is 4.74 Å². The number of piperidine rings is 1. The zero-order chi connectivity index (χ0) is 17.1. The Kier molecular flexibility index (Phi) is 5.11. The predicted molar refractivity (Wildman–Crippen MR) is 91.8 cm³/mol. The molecule has 0 aliphatic carbocycles. The summed E-state index contributed by atoms with van der Waals surface area (Å²) in [5.41, 5.74) is 0.910. The molecule has 1 saturated heterocycles. The molecule has 0 atom stereocenters. The molecule has 130 valence electrons. The number of aromatic nitrogens is 2. The minimum Gasteiger partial charge on any atom is -0.378 e. The summed E-state index contributed by atoms with van der Waals surface area (Å²) in [6.07, 6.45) is 4.15. The number of nitrogens with zero attached hydrogens (tertiary/aromatic N) is 4. The summed E-state index contributed by atoms with van der Waals surface area (Å²) in [5, 5.41) is 16.3. The summed E-state index contributed by atoms with van der Waals surface area (Å²) in [4.78, 5) is 12.9. The van der Waals surface area contributed by atoms with E-state index in [9.17, 15) is 10.1 Å². The van der Waals surface area contributed by atoms with E-state index in [1.54, 1.807) is 18.3 Å². The van der Waals surface area contributed by atoms with E-state index in [1.165, 1.54) is 6.07 Å². The van der Waals surface area contributed by atoms with Crippen molar-refractivity contribution >= 4 is 16.6 Å². The smallest absolute Gasteiger partial charge is 0.271 e. The van der Waals surface area contributed by atoms with Gasteiger partial charge in [-0.25, -0.2) is 0 Å². The van der Waals surface area contributed by atoms with Crippen LogP contribution in [0.2, 0.25) is 0 Å². The Bertz CT molecular complexity index is 705. The van der Waals surface area contributed by atoms with E-state index >= 15 is 0 Å². The molecule has 1 aromatic carbocycles. The molecule has 0 bridgehead atoms. The average molecular weight is 332 g/mol. The number of non-ortho nitro benzene ring substituents is 1. The molecule has 1 aliphatic heterocycles. The lowest BCUT2D eigenvalue weighted by Crippen LogP contribution is -2.38. The van der Waals surface area contributed by atoms with Gasteiger partial charge >= 0.3 is 0 Å². The maximum absolute atomic E-state index is 11.0. The van der Waals surface area contributed by atoms with Crippen molar-refractivity contribution < 1.29 is 9.66 Å². The van der Waals surface area contributed by atoms with Crippen molar-refractivity contribution in [2.45, 2.75) is 39.5 Å². The summed E-state index contributed by atoms with van der Waals surface area (Å²) in [5.74, 6) is 0.564. The lowest BCUT2D eigenvalue weighted by atomic mass is 10.1. The van der Waals surface area contributed by atoms with Crippen LogP contribution in [-0.4, -0.2) is 45.4 Å². The Morgan fingerprint density at radius 2 is 2.12 bits per heavy atom. The fourth-order valence-corrected chi connectivity index (χ4v) is 3.02. The van der Waals surface area contributed by atoms with Gasteiger partial charge in [0.2, 0.25) is 0 Å². The number of fused-ring (bicyclic) bond motifs is 1. The summed E-state index contributed by atoms with van der Waals surface area (Å²) in [7, 11) is 0. The number of hydrogen-bond donors (Lipinski definition) is 0. The quantitative estimate of drug-likeness (QED) is 0.600. The average Bonchev–Trinajstić information content (AvgIpc) is 2.96. The molecule has 7 nitrogen and oxygen atoms in total. The first-order valence-electron chi connectivity index (χ1n) is 8.47. The molecule has 0 N–H and O–H groups in total. The lowest BCUT2D eigenvalue weighted by molar-refractivity contribution is -0.384. The van der Waals surface area contributed by atoms with E-state index in [2.05, 4.69) is 23.8 Å². The van der Waals surface area contributed by atoms with Crippen molar-refractivity contribution in [1.29, 1.82) is 0 Å². The second-order valence-electron chi connectivity index (χ2n) is 6.83. The molecule has 1 aliphatic rings.